The highest BCUT2D eigenvalue weighted by molar-refractivity contribution is 5.61. The highest BCUT2D eigenvalue weighted by Gasteiger charge is 1.97. The van der Waals surface area contributed by atoms with Crippen LogP contribution < -0.4 is 0 Å². The molecule has 0 fully saturated rings. The first kappa shape index (κ1) is 16.9. The van der Waals surface area contributed by atoms with Crippen molar-refractivity contribution in [3.05, 3.63) is 23.8 Å². The first-order chi connectivity index (χ1) is 9.08. The van der Waals surface area contributed by atoms with Crippen molar-refractivity contribution in [2.45, 2.75) is 13.0 Å². The lowest BCUT2D eigenvalue weighted by molar-refractivity contribution is 0.0450. The number of hydrogen-bond acceptors (Lipinski definition) is 7. The summed E-state index contributed by atoms with van der Waals surface area (Å²) in [6, 6.07) is 4.88. The maximum atomic E-state index is 10.00. The summed E-state index contributed by atoms with van der Waals surface area (Å²) in [5.74, 6) is 0. The Labute approximate surface area is 109 Å². The molecule has 0 radical (unpaired) electrons. The van der Waals surface area contributed by atoms with E-state index in [0.29, 0.717) is 11.4 Å². The molecule has 1 rings (SSSR count). The Hall–Kier alpha value is -2.14. The standard InChI is InChI=1S/C9H6N2O2.C3H8O3/c1-7-2-3-8(10-5-12)4-9(7)11-6-13;4-1-3(6)2-5/h2-4H,1H3;3-6H,1-2H2. The van der Waals surface area contributed by atoms with Gasteiger partial charge < -0.3 is 15.3 Å². The van der Waals surface area contributed by atoms with Gasteiger partial charge in [0.2, 0.25) is 12.2 Å². The Morgan fingerprint density at radius 1 is 1.16 bits per heavy atom. The third-order valence-corrected chi connectivity index (χ3v) is 1.96. The predicted molar refractivity (Wildman–Crippen MR) is 66.9 cm³/mol. The minimum absolute atomic E-state index is 0.365. The largest absolute Gasteiger partial charge is 0.394 e. The van der Waals surface area contributed by atoms with Gasteiger partial charge in [-0.3, -0.25) is 0 Å². The summed E-state index contributed by atoms with van der Waals surface area (Å²) in [6.45, 7) is 1.07. The molecule has 0 amide bonds. The van der Waals surface area contributed by atoms with E-state index in [-0.39, 0.29) is 13.2 Å². The van der Waals surface area contributed by atoms with Crippen LogP contribution in [-0.4, -0.2) is 46.8 Å². The summed E-state index contributed by atoms with van der Waals surface area (Å²) in [6.07, 6.45) is 1.88. The normalized spacial score (nSPS) is 8.89. The number of aliphatic hydroxyl groups is 3. The number of carbonyl (C=O) groups excluding carboxylic acids is 2. The van der Waals surface area contributed by atoms with Crippen molar-refractivity contribution in [3.63, 3.8) is 0 Å². The molecule has 0 bridgehead atoms. The molecule has 1 aromatic rings. The van der Waals surface area contributed by atoms with Crippen molar-refractivity contribution in [1.82, 2.24) is 0 Å². The van der Waals surface area contributed by atoms with Gasteiger partial charge in [-0.05, 0) is 24.6 Å². The summed E-state index contributed by atoms with van der Waals surface area (Å²) < 4.78 is 0. The summed E-state index contributed by atoms with van der Waals surface area (Å²) in [5.41, 5.74) is 1.72. The molecule has 1 aromatic carbocycles. The summed E-state index contributed by atoms with van der Waals surface area (Å²) in [7, 11) is 0. The van der Waals surface area contributed by atoms with E-state index in [2.05, 4.69) is 9.98 Å². The lowest BCUT2D eigenvalue weighted by Crippen LogP contribution is -2.15. The number of aliphatic imine (C=N–C) groups is 2. The molecular formula is C12H14N2O5. The quantitative estimate of drug-likeness (QED) is 0.533. The van der Waals surface area contributed by atoms with Gasteiger partial charge in [0.1, 0.15) is 6.10 Å². The first-order valence-electron chi connectivity index (χ1n) is 5.25. The van der Waals surface area contributed by atoms with Crippen LogP contribution in [-0.2, 0) is 9.59 Å². The second kappa shape index (κ2) is 9.85. The molecule has 0 spiro atoms. The van der Waals surface area contributed by atoms with Crippen LogP contribution in [0.4, 0.5) is 11.4 Å². The second-order valence-electron chi connectivity index (χ2n) is 3.40. The number of nitrogens with zero attached hydrogens (tertiary/aromatic N) is 2. The monoisotopic (exact) mass is 266 g/mol. The first-order valence-corrected chi connectivity index (χ1v) is 5.25. The Morgan fingerprint density at radius 3 is 2.16 bits per heavy atom. The van der Waals surface area contributed by atoms with Crippen LogP contribution in [0.25, 0.3) is 0 Å². The van der Waals surface area contributed by atoms with Crippen LogP contribution in [0, 0.1) is 6.92 Å². The maximum Gasteiger partial charge on any atom is 0.240 e. The molecule has 0 unspecified atom stereocenters. The van der Waals surface area contributed by atoms with Crippen LogP contribution in [0.3, 0.4) is 0 Å². The smallest absolute Gasteiger partial charge is 0.240 e. The highest BCUT2D eigenvalue weighted by atomic mass is 16.3. The van der Waals surface area contributed by atoms with Gasteiger partial charge in [0, 0.05) is 0 Å². The zero-order valence-electron chi connectivity index (χ0n) is 10.3. The number of aliphatic hydroxyl groups excluding tert-OH is 3. The fourth-order valence-corrected chi connectivity index (χ4v) is 0.947. The maximum absolute atomic E-state index is 10.00. The van der Waals surface area contributed by atoms with E-state index in [4.69, 9.17) is 15.3 Å². The Kier molecular flexibility index (Phi) is 8.74. The van der Waals surface area contributed by atoms with Gasteiger partial charge in [-0.1, -0.05) is 6.07 Å². The van der Waals surface area contributed by atoms with E-state index in [1.54, 1.807) is 19.1 Å². The van der Waals surface area contributed by atoms with E-state index < -0.39 is 6.10 Å². The number of isocyanates is 2. The van der Waals surface area contributed by atoms with Gasteiger partial charge in [-0.25, -0.2) is 9.59 Å². The third kappa shape index (κ3) is 7.00. The average molecular weight is 266 g/mol. The number of rotatable bonds is 4. The molecule has 0 saturated heterocycles. The molecule has 102 valence electrons. The lowest BCUT2D eigenvalue weighted by Gasteiger charge is -1.97. The molecule has 19 heavy (non-hydrogen) atoms. The zero-order valence-corrected chi connectivity index (χ0v) is 10.3. The van der Waals surface area contributed by atoms with Gasteiger partial charge in [0.15, 0.2) is 0 Å². The molecular weight excluding hydrogens is 252 g/mol. The number of aryl methyl sites for hydroxylation is 1. The molecule has 0 saturated carbocycles. The van der Waals surface area contributed by atoms with E-state index in [9.17, 15) is 9.59 Å². The lowest BCUT2D eigenvalue weighted by atomic mass is 10.2. The number of benzene rings is 1. The molecule has 0 aliphatic heterocycles. The molecule has 0 atom stereocenters. The molecule has 7 nitrogen and oxygen atoms in total. The Balaban J connectivity index is 0.000000459. The summed E-state index contributed by atoms with van der Waals surface area (Å²) in [4.78, 5) is 26.8. The van der Waals surface area contributed by atoms with E-state index in [0.717, 1.165) is 5.56 Å². The fraction of sp³-hybridized carbons (Fsp3) is 0.333. The van der Waals surface area contributed by atoms with Crippen molar-refractivity contribution in [3.8, 4) is 0 Å². The summed E-state index contributed by atoms with van der Waals surface area (Å²) in [5, 5.41) is 24.0. The molecule has 0 heterocycles. The highest BCUT2D eigenvalue weighted by Crippen LogP contribution is 2.23. The molecule has 0 aliphatic rings. The number of hydrogen-bond donors (Lipinski definition) is 3. The zero-order chi connectivity index (χ0) is 14.7. The van der Waals surface area contributed by atoms with Crippen LogP contribution in [0.1, 0.15) is 5.56 Å². The average Bonchev–Trinajstić information content (AvgIpc) is 2.43. The molecule has 7 heteroatoms. The van der Waals surface area contributed by atoms with Crippen molar-refractivity contribution in [2.75, 3.05) is 13.2 Å². The van der Waals surface area contributed by atoms with Gasteiger partial charge in [0.25, 0.3) is 0 Å². The van der Waals surface area contributed by atoms with Crippen LogP contribution in [0.15, 0.2) is 28.2 Å². The fourth-order valence-electron chi connectivity index (χ4n) is 0.947. The van der Waals surface area contributed by atoms with Gasteiger partial charge in [0.05, 0.1) is 24.6 Å². The molecule has 0 aliphatic carbocycles. The van der Waals surface area contributed by atoms with Crippen molar-refractivity contribution >= 4 is 23.5 Å². The van der Waals surface area contributed by atoms with Gasteiger partial charge in [-0.2, -0.15) is 9.98 Å². The van der Waals surface area contributed by atoms with Crippen molar-refractivity contribution in [1.29, 1.82) is 0 Å². The molecule has 0 aromatic heterocycles. The van der Waals surface area contributed by atoms with Crippen LogP contribution >= 0.6 is 0 Å². The van der Waals surface area contributed by atoms with Gasteiger partial charge >= 0.3 is 0 Å². The Morgan fingerprint density at radius 2 is 1.74 bits per heavy atom. The predicted octanol–water partition coefficient (Wildman–Crippen LogP) is 0.262. The van der Waals surface area contributed by atoms with E-state index in [1.807, 2.05) is 0 Å². The van der Waals surface area contributed by atoms with E-state index >= 15 is 0 Å². The SMILES string of the molecule is Cc1ccc(N=C=O)cc1N=C=O.OCC(O)CO. The van der Waals surface area contributed by atoms with Crippen LogP contribution in [0.5, 0.6) is 0 Å². The second-order valence-corrected chi connectivity index (χ2v) is 3.40. The van der Waals surface area contributed by atoms with Gasteiger partial charge in [-0.15, -0.1) is 0 Å². The Bertz CT molecular complexity index is 487. The van der Waals surface area contributed by atoms with E-state index in [1.165, 1.54) is 18.2 Å². The van der Waals surface area contributed by atoms with Crippen molar-refractivity contribution in [2.24, 2.45) is 9.98 Å². The minimum atomic E-state index is -0.954. The van der Waals surface area contributed by atoms with Crippen molar-refractivity contribution < 1.29 is 24.9 Å². The topological polar surface area (TPSA) is 120 Å². The summed E-state index contributed by atoms with van der Waals surface area (Å²) >= 11 is 0. The molecule has 3 N–H and O–H groups in total. The minimum Gasteiger partial charge on any atom is -0.394 e. The third-order valence-electron chi connectivity index (χ3n) is 1.96. The van der Waals surface area contributed by atoms with Crippen LogP contribution in [0.2, 0.25) is 0 Å².